The number of allylic oxidation sites excluding steroid dienone is 2. The first-order valence-electron chi connectivity index (χ1n) is 4.42. The summed E-state index contributed by atoms with van der Waals surface area (Å²) in [6, 6.07) is 0. The molecule has 0 heterocycles. The number of unbranched alkanes of at least 4 members (excludes halogenated alkanes) is 1. The van der Waals surface area contributed by atoms with Crippen LogP contribution in [0.4, 0.5) is 0 Å². The molecule has 0 N–H and O–H groups in total. The number of rotatable bonds is 7. The Bertz CT molecular complexity index is 92.6. The topological polar surface area (TPSA) is 0 Å². The van der Waals surface area contributed by atoms with Crippen molar-refractivity contribution in [3.05, 3.63) is 31.7 Å². The molecule has 0 nitrogen and oxygen atoms in total. The van der Waals surface area contributed by atoms with Crippen molar-refractivity contribution in [3.8, 4) is 0 Å². The molecule has 0 rings (SSSR count). The fourth-order valence-electron chi connectivity index (χ4n) is 1.17. The van der Waals surface area contributed by atoms with E-state index in [2.05, 4.69) is 26.5 Å². The van der Waals surface area contributed by atoms with Gasteiger partial charge in [0.25, 0.3) is 0 Å². The highest BCUT2D eigenvalue weighted by atomic mass is 14.1. The molecule has 0 amide bonds. The molecule has 0 aromatic carbocycles. The summed E-state index contributed by atoms with van der Waals surface area (Å²) in [6.07, 6.45) is 11.0. The van der Waals surface area contributed by atoms with E-state index < -0.39 is 0 Å². The maximum atomic E-state index is 3.74. The van der Waals surface area contributed by atoms with Crippen LogP contribution in [0.3, 0.4) is 0 Å². The van der Waals surface area contributed by atoms with Gasteiger partial charge in [-0.05, 0) is 25.2 Å². The quantitative estimate of drug-likeness (QED) is 0.486. The summed E-state index contributed by atoms with van der Waals surface area (Å²) in [4.78, 5) is 0. The highest BCUT2D eigenvalue weighted by Gasteiger charge is 2.02. The zero-order chi connectivity index (χ0) is 8.53. The molecule has 0 aliphatic heterocycles. The van der Waals surface area contributed by atoms with Crippen molar-refractivity contribution < 1.29 is 0 Å². The summed E-state index contributed by atoms with van der Waals surface area (Å²) in [5, 5.41) is 0. The molecule has 0 aromatic rings. The lowest BCUT2D eigenvalue weighted by atomic mass is 9.95. The van der Waals surface area contributed by atoms with Crippen molar-refractivity contribution in [1.29, 1.82) is 0 Å². The van der Waals surface area contributed by atoms with Gasteiger partial charge in [0.1, 0.15) is 0 Å². The van der Waals surface area contributed by atoms with Crippen molar-refractivity contribution >= 4 is 0 Å². The Hall–Kier alpha value is -0.520. The molecule has 0 bridgehead atoms. The van der Waals surface area contributed by atoms with E-state index in [0.717, 1.165) is 6.42 Å². The van der Waals surface area contributed by atoms with Crippen LogP contribution >= 0.6 is 0 Å². The van der Waals surface area contributed by atoms with Crippen LogP contribution in [0, 0.1) is 12.3 Å². The zero-order valence-electron chi connectivity index (χ0n) is 7.55. The third-order valence-electron chi connectivity index (χ3n) is 1.81. The van der Waals surface area contributed by atoms with Crippen LogP contribution < -0.4 is 0 Å². The third-order valence-corrected chi connectivity index (χ3v) is 1.81. The van der Waals surface area contributed by atoms with Gasteiger partial charge in [0.05, 0.1) is 0 Å². The van der Waals surface area contributed by atoms with Gasteiger partial charge in [-0.25, -0.2) is 0 Å². The number of hydrogen-bond acceptors (Lipinski definition) is 0. The Kier molecular flexibility index (Phi) is 7.23. The van der Waals surface area contributed by atoms with E-state index in [-0.39, 0.29) is 0 Å². The lowest BCUT2D eigenvalue weighted by molar-refractivity contribution is 0.540. The molecule has 0 aromatic heterocycles. The second-order valence-corrected chi connectivity index (χ2v) is 2.85. The van der Waals surface area contributed by atoms with Crippen LogP contribution in [0.15, 0.2) is 25.3 Å². The van der Waals surface area contributed by atoms with Crippen molar-refractivity contribution in [1.82, 2.24) is 0 Å². The van der Waals surface area contributed by atoms with Crippen molar-refractivity contribution in [2.45, 2.75) is 32.6 Å². The van der Waals surface area contributed by atoms with E-state index in [9.17, 15) is 0 Å². The third kappa shape index (κ3) is 5.90. The monoisotopic (exact) mass is 151 g/mol. The summed E-state index contributed by atoms with van der Waals surface area (Å²) in [5.74, 6) is 0.671. The average Bonchev–Trinajstić information content (AvgIpc) is 2.01. The zero-order valence-corrected chi connectivity index (χ0v) is 7.55. The smallest absolute Gasteiger partial charge is 0.0139 e. The second kappa shape index (κ2) is 7.59. The normalized spacial score (nSPS) is 10.0. The van der Waals surface area contributed by atoms with Crippen LogP contribution in [0.5, 0.6) is 0 Å². The predicted octanol–water partition coefficient (Wildman–Crippen LogP) is 3.76. The lowest BCUT2D eigenvalue weighted by Gasteiger charge is -2.10. The Morgan fingerprint density at radius 3 is 2.55 bits per heavy atom. The molecule has 0 fully saturated rings. The van der Waals surface area contributed by atoms with Gasteiger partial charge >= 0.3 is 0 Å². The fourth-order valence-corrected chi connectivity index (χ4v) is 1.17. The molecule has 1 atom stereocenters. The van der Waals surface area contributed by atoms with Gasteiger partial charge in [0, 0.05) is 0 Å². The molecule has 0 saturated carbocycles. The van der Waals surface area contributed by atoms with E-state index in [1.54, 1.807) is 0 Å². The molecular weight excluding hydrogens is 132 g/mol. The first-order chi connectivity index (χ1) is 5.35. The highest BCUT2D eigenvalue weighted by molar-refractivity contribution is 4.94. The molecule has 0 aliphatic rings. The summed E-state index contributed by atoms with van der Waals surface area (Å²) in [6.45, 7) is 9.66. The average molecular weight is 151 g/mol. The lowest BCUT2D eigenvalue weighted by Crippen LogP contribution is -1.97. The molecule has 1 unspecified atom stereocenters. The minimum atomic E-state index is 0.671. The van der Waals surface area contributed by atoms with Gasteiger partial charge in [0.2, 0.25) is 0 Å². The Morgan fingerprint density at radius 1 is 1.36 bits per heavy atom. The van der Waals surface area contributed by atoms with E-state index in [0.29, 0.717) is 5.92 Å². The molecule has 0 saturated heterocycles. The van der Waals surface area contributed by atoms with E-state index >= 15 is 0 Å². The minimum Gasteiger partial charge on any atom is -0.103 e. The van der Waals surface area contributed by atoms with Gasteiger partial charge in [-0.2, -0.15) is 0 Å². The molecular formula is C11H19. The van der Waals surface area contributed by atoms with Gasteiger partial charge in [-0.1, -0.05) is 31.9 Å². The van der Waals surface area contributed by atoms with Crippen LogP contribution in [0.25, 0.3) is 0 Å². The Labute approximate surface area is 71.0 Å². The van der Waals surface area contributed by atoms with Gasteiger partial charge in [0.15, 0.2) is 0 Å². The van der Waals surface area contributed by atoms with Crippen LogP contribution in [-0.4, -0.2) is 0 Å². The van der Waals surface area contributed by atoms with Crippen molar-refractivity contribution in [2.24, 2.45) is 5.92 Å². The van der Waals surface area contributed by atoms with E-state index in [4.69, 9.17) is 0 Å². The maximum Gasteiger partial charge on any atom is -0.0139 e. The summed E-state index contributed by atoms with van der Waals surface area (Å²) >= 11 is 0. The first kappa shape index (κ1) is 10.5. The van der Waals surface area contributed by atoms with Crippen molar-refractivity contribution in [3.63, 3.8) is 0 Å². The van der Waals surface area contributed by atoms with Crippen molar-refractivity contribution in [2.75, 3.05) is 0 Å². The second-order valence-electron chi connectivity index (χ2n) is 2.85. The predicted molar refractivity (Wildman–Crippen MR) is 52.3 cm³/mol. The molecule has 11 heavy (non-hydrogen) atoms. The van der Waals surface area contributed by atoms with E-state index in [1.165, 1.54) is 19.3 Å². The first-order valence-corrected chi connectivity index (χ1v) is 4.42. The number of hydrogen-bond donors (Lipinski definition) is 0. The van der Waals surface area contributed by atoms with Gasteiger partial charge in [-0.15, -0.1) is 13.2 Å². The fraction of sp³-hybridized carbons (Fsp3) is 0.545. The van der Waals surface area contributed by atoms with Crippen LogP contribution in [-0.2, 0) is 0 Å². The Morgan fingerprint density at radius 2 is 2.09 bits per heavy atom. The Balaban J connectivity index is 3.49. The minimum absolute atomic E-state index is 0.671. The molecule has 0 aliphatic carbocycles. The standard InChI is InChI=1S/C11H19/c1-4-7-10-11(8-5-2)9-6-3/h5-6,8,11H,2-4,7,9-10H2,1H3. The molecule has 63 valence electrons. The summed E-state index contributed by atoms with van der Waals surface area (Å²) < 4.78 is 0. The van der Waals surface area contributed by atoms with Gasteiger partial charge in [-0.3, -0.25) is 0 Å². The van der Waals surface area contributed by atoms with E-state index in [1.807, 2.05) is 12.2 Å². The van der Waals surface area contributed by atoms with Crippen LogP contribution in [0.2, 0.25) is 0 Å². The maximum absolute atomic E-state index is 3.74. The van der Waals surface area contributed by atoms with Crippen LogP contribution in [0.1, 0.15) is 32.6 Å². The largest absolute Gasteiger partial charge is 0.103 e. The van der Waals surface area contributed by atoms with Gasteiger partial charge < -0.3 is 0 Å². The molecule has 0 heteroatoms. The highest BCUT2D eigenvalue weighted by Crippen LogP contribution is 2.16. The summed E-state index contributed by atoms with van der Waals surface area (Å²) in [7, 11) is 0. The SMILES string of the molecule is C=C[CH]C(CC=C)CCCC. The molecule has 0 spiro atoms. The summed E-state index contributed by atoms with van der Waals surface area (Å²) in [5.41, 5.74) is 0. The molecule has 1 radical (unpaired) electrons.